The number of carbonyl (C=O) groups is 1. The molecule has 3 heteroatoms. The van der Waals surface area contributed by atoms with Gasteiger partial charge in [-0.15, -0.1) is 0 Å². The standard InChI is InChI=1S/C6H11NO2.H2/c1-5(9-3)4-7-6(2)8;/h1,4H2,2-3H3,(H,7,8);1H. The van der Waals surface area contributed by atoms with Gasteiger partial charge in [-0.1, -0.05) is 6.58 Å². The molecule has 0 aliphatic heterocycles. The molecule has 54 valence electrons. The highest BCUT2D eigenvalue weighted by atomic mass is 16.5. The van der Waals surface area contributed by atoms with Crippen molar-refractivity contribution in [1.29, 1.82) is 0 Å². The molecule has 0 radical (unpaired) electrons. The number of methoxy groups -OCH3 is 1. The summed E-state index contributed by atoms with van der Waals surface area (Å²) in [6.45, 7) is 5.35. The van der Waals surface area contributed by atoms with E-state index in [1.165, 1.54) is 14.0 Å². The van der Waals surface area contributed by atoms with E-state index in [1.807, 2.05) is 0 Å². The molecule has 0 aromatic rings. The molecule has 9 heavy (non-hydrogen) atoms. The first-order valence-corrected chi connectivity index (χ1v) is 2.63. The molecule has 0 aliphatic rings. The van der Waals surface area contributed by atoms with Crippen molar-refractivity contribution in [3.8, 4) is 0 Å². The van der Waals surface area contributed by atoms with Gasteiger partial charge in [0.1, 0.15) is 5.76 Å². The zero-order valence-corrected chi connectivity index (χ0v) is 5.73. The van der Waals surface area contributed by atoms with Crippen molar-refractivity contribution in [3.63, 3.8) is 0 Å². The van der Waals surface area contributed by atoms with Crippen LogP contribution in [0, 0.1) is 0 Å². The Morgan fingerprint density at radius 3 is 2.78 bits per heavy atom. The molecule has 0 aromatic carbocycles. The lowest BCUT2D eigenvalue weighted by Crippen LogP contribution is -2.22. The second-order valence-electron chi connectivity index (χ2n) is 1.65. The maximum Gasteiger partial charge on any atom is 0.217 e. The van der Waals surface area contributed by atoms with Crippen LogP contribution in [-0.2, 0) is 9.53 Å². The smallest absolute Gasteiger partial charge is 0.217 e. The molecule has 0 bridgehead atoms. The summed E-state index contributed by atoms with van der Waals surface area (Å²) in [6, 6.07) is 0. The topological polar surface area (TPSA) is 38.3 Å². The summed E-state index contributed by atoms with van der Waals surface area (Å²) in [5.41, 5.74) is 0. The molecular weight excluding hydrogens is 118 g/mol. The van der Waals surface area contributed by atoms with Gasteiger partial charge in [0.25, 0.3) is 0 Å². The van der Waals surface area contributed by atoms with Crippen LogP contribution in [0.4, 0.5) is 0 Å². The lowest BCUT2D eigenvalue weighted by Gasteiger charge is -2.02. The van der Waals surface area contributed by atoms with E-state index in [0.717, 1.165) is 0 Å². The summed E-state index contributed by atoms with van der Waals surface area (Å²) >= 11 is 0. The van der Waals surface area contributed by atoms with Gasteiger partial charge in [-0.3, -0.25) is 4.79 Å². The van der Waals surface area contributed by atoms with Crippen LogP contribution in [0.25, 0.3) is 0 Å². The zero-order chi connectivity index (χ0) is 7.28. The van der Waals surface area contributed by atoms with Crippen LogP contribution in [0.3, 0.4) is 0 Å². The molecule has 0 fully saturated rings. The molecule has 0 unspecified atom stereocenters. The van der Waals surface area contributed by atoms with Crippen molar-refractivity contribution < 1.29 is 11.0 Å². The second kappa shape index (κ2) is 3.95. The Labute approximate surface area is 56.2 Å². The van der Waals surface area contributed by atoms with Crippen molar-refractivity contribution in [2.45, 2.75) is 6.92 Å². The highest BCUT2D eigenvalue weighted by Gasteiger charge is 1.91. The number of carbonyl (C=O) groups excluding carboxylic acids is 1. The van der Waals surface area contributed by atoms with E-state index < -0.39 is 0 Å². The van der Waals surface area contributed by atoms with Crippen molar-refractivity contribution in [2.24, 2.45) is 0 Å². The number of nitrogens with one attached hydrogen (secondary N) is 1. The fraction of sp³-hybridized carbons (Fsp3) is 0.500. The van der Waals surface area contributed by atoms with Crippen LogP contribution in [-0.4, -0.2) is 19.6 Å². The number of hydrogen-bond donors (Lipinski definition) is 1. The van der Waals surface area contributed by atoms with Gasteiger partial charge in [0.15, 0.2) is 0 Å². The molecule has 3 nitrogen and oxygen atoms in total. The summed E-state index contributed by atoms with van der Waals surface area (Å²) in [5.74, 6) is 0.485. The third kappa shape index (κ3) is 4.87. The average molecular weight is 131 g/mol. The summed E-state index contributed by atoms with van der Waals surface area (Å²) in [7, 11) is 1.52. The monoisotopic (exact) mass is 131 g/mol. The van der Waals surface area contributed by atoms with E-state index >= 15 is 0 Å². The Morgan fingerprint density at radius 2 is 2.44 bits per heavy atom. The normalized spacial score (nSPS) is 8.22. The third-order valence-corrected chi connectivity index (χ3v) is 0.823. The van der Waals surface area contributed by atoms with E-state index in [-0.39, 0.29) is 7.33 Å². The lowest BCUT2D eigenvalue weighted by atomic mass is 10.5. The number of amides is 1. The summed E-state index contributed by atoms with van der Waals surface area (Å²) in [6.07, 6.45) is 0. The second-order valence-corrected chi connectivity index (χ2v) is 1.65. The van der Waals surface area contributed by atoms with Gasteiger partial charge in [-0.05, 0) is 0 Å². The predicted octanol–water partition coefficient (Wildman–Crippen LogP) is 0.529. The van der Waals surface area contributed by atoms with Crippen molar-refractivity contribution >= 4 is 5.91 Å². The minimum Gasteiger partial charge on any atom is -0.500 e. The molecule has 0 saturated heterocycles. The minimum absolute atomic E-state index is 0. The lowest BCUT2D eigenvalue weighted by molar-refractivity contribution is -0.118. The van der Waals surface area contributed by atoms with Crippen molar-refractivity contribution in [1.82, 2.24) is 5.32 Å². The Morgan fingerprint density at radius 1 is 1.89 bits per heavy atom. The fourth-order valence-corrected chi connectivity index (χ4v) is 0.295. The Balaban J connectivity index is 0. The van der Waals surface area contributed by atoms with Crippen LogP contribution in [0.2, 0.25) is 0 Å². The molecular formula is C6H13NO2. The first-order valence-electron chi connectivity index (χ1n) is 2.63. The van der Waals surface area contributed by atoms with E-state index in [4.69, 9.17) is 4.74 Å². The Kier molecular flexibility index (Phi) is 3.51. The summed E-state index contributed by atoms with van der Waals surface area (Å²) in [5, 5.41) is 2.53. The van der Waals surface area contributed by atoms with E-state index in [2.05, 4.69) is 11.9 Å². The first kappa shape index (κ1) is 8.01. The summed E-state index contributed by atoms with van der Waals surface area (Å²) in [4.78, 5) is 10.3. The van der Waals surface area contributed by atoms with Gasteiger partial charge >= 0.3 is 0 Å². The average Bonchev–Trinajstić information content (AvgIpc) is 1.83. The molecule has 0 rings (SSSR count). The Bertz CT molecular complexity index is 125. The van der Waals surface area contributed by atoms with Crippen LogP contribution in [0.5, 0.6) is 0 Å². The highest BCUT2D eigenvalue weighted by molar-refractivity contribution is 5.72. The van der Waals surface area contributed by atoms with Crippen LogP contribution in [0.1, 0.15) is 8.35 Å². The zero-order valence-electron chi connectivity index (χ0n) is 5.73. The van der Waals surface area contributed by atoms with E-state index in [9.17, 15) is 4.79 Å². The van der Waals surface area contributed by atoms with Gasteiger partial charge in [-0.25, -0.2) is 0 Å². The molecule has 0 heterocycles. The van der Waals surface area contributed by atoms with Crippen molar-refractivity contribution in [2.75, 3.05) is 13.7 Å². The number of ether oxygens (including phenoxy) is 1. The summed E-state index contributed by atoms with van der Waals surface area (Å²) < 4.78 is 4.69. The maximum atomic E-state index is 10.3. The maximum absolute atomic E-state index is 10.3. The predicted molar refractivity (Wildman–Crippen MR) is 36.9 cm³/mol. The third-order valence-electron chi connectivity index (χ3n) is 0.823. The highest BCUT2D eigenvalue weighted by Crippen LogP contribution is 1.84. The van der Waals surface area contributed by atoms with Crippen LogP contribution >= 0.6 is 0 Å². The molecule has 1 N–H and O–H groups in total. The van der Waals surface area contributed by atoms with Gasteiger partial charge < -0.3 is 10.1 Å². The largest absolute Gasteiger partial charge is 0.500 e. The quantitative estimate of drug-likeness (QED) is 0.567. The van der Waals surface area contributed by atoms with Gasteiger partial charge in [-0.2, -0.15) is 0 Å². The van der Waals surface area contributed by atoms with E-state index in [0.29, 0.717) is 12.3 Å². The minimum atomic E-state index is -0.0757. The van der Waals surface area contributed by atoms with Gasteiger partial charge in [0.2, 0.25) is 5.91 Å². The molecule has 0 saturated carbocycles. The fourth-order valence-electron chi connectivity index (χ4n) is 0.295. The number of rotatable bonds is 3. The number of hydrogen-bond acceptors (Lipinski definition) is 2. The molecule has 0 aliphatic carbocycles. The molecule has 1 amide bonds. The van der Waals surface area contributed by atoms with Crippen molar-refractivity contribution in [3.05, 3.63) is 12.3 Å². The van der Waals surface area contributed by atoms with Crippen LogP contribution in [0.15, 0.2) is 12.3 Å². The Hall–Kier alpha value is -0.990. The molecule has 0 spiro atoms. The molecule has 0 aromatic heterocycles. The van der Waals surface area contributed by atoms with Gasteiger partial charge in [0.05, 0.1) is 13.7 Å². The molecule has 0 atom stereocenters. The first-order chi connectivity index (χ1) is 4.16. The van der Waals surface area contributed by atoms with Gasteiger partial charge in [0, 0.05) is 8.35 Å². The van der Waals surface area contributed by atoms with E-state index in [1.54, 1.807) is 0 Å². The SMILES string of the molecule is C=C(CNC(C)=O)OC.[HH]. The van der Waals surface area contributed by atoms with Crippen LogP contribution < -0.4 is 5.32 Å².